The minimum absolute atomic E-state index is 0.0624. The van der Waals surface area contributed by atoms with E-state index in [9.17, 15) is 18.4 Å². The molecule has 0 aromatic heterocycles. The summed E-state index contributed by atoms with van der Waals surface area (Å²) in [6, 6.07) is 9.15. The Balaban J connectivity index is 1.81. The normalized spacial score (nSPS) is 11.8. The molecule has 0 fully saturated rings. The van der Waals surface area contributed by atoms with Crippen molar-refractivity contribution in [1.82, 2.24) is 10.9 Å². The number of hydrazine groups is 1. The monoisotopic (exact) mass is 380 g/mol. The Morgan fingerprint density at radius 3 is 2.46 bits per heavy atom. The summed E-state index contributed by atoms with van der Waals surface area (Å²) in [5.41, 5.74) is 4.90. The van der Waals surface area contributed by atoms with Gasteiger partial charge in [0.25, 0.3) is 11.8 Å². The predicted molar refractivity (Wildman–Crippen MR) is 93.2 cm³/mol. The number of benzene rings is 2. The molecule has 2 amide bonds. The summed E-state index contributed by atoms with van der Waals surface area (Å²) in [6.07, 6.45) is 1.64. The third-order valence-electron chi connectivity index (χ3n) is 3.18. The maximum atomic E-state index is 13.0. The summed E-state index contributed by atoms with van der Waals surface area (Å²) in [5, 5.41) is -0.0624. The number of amides is 2. The Morgan fingerprint density at radius 1 is 1.12 bits per heavy atom. The van der Waals surface area contributed by atoms with E-state index in [2.05, 4.69) is 10.9 Å². The molecule has 2 aromatic rings. The van der Waals surface area contributed by atoms with Gasteiger partial charge in [-0.15, -0.1) is 0 Å². The van der Waals surface area contributed by atoms with E-state index in [0.717, 1.165) is 6.08 Å². The Kier molecular flexibility index (Phi) is 6.68. The fraction of sp³-hybridized carbons (Fsp3) is 0.111. The number of nitrogens with one attached hydrogen (secondary N) is 2. The van der Waals surface area contributed by atoms with Gasteiger partial charge in [0.1, 0.15) is 17.4 Å². The smallest absolute Gasteiger partial charge is 0.279 e. The molecule has 0 saturated carbocycles. The second kappa shape index (κ2) is 8.96. The van der Waals surface area contributed by atoms with Crippen molar-refractivity contribution in [1.29, 1.82) is 0 Å². The van der Waals surface area contributed by atoms with Crippen LogP contribution in [-0.2, 0) is 9.59 Å². The molecule has 0 heterocycles. The molecule has 2 aromatic carbocycles. The van der Waals surface area contributed by atoms with E-state index in [-0.39, 0.29) is 5.02 Å². The minimum atomic E-state index is -0.916. The second-order valence-electron chi connectivity index (χ2n) is 5.20. The zero-order valence-electron chi connectivity index (χ0n) is 13.6. The lowest BCUT2D eigenvalue weighted by atomic mass is 10.2. The van der Waals surface area contributed by atoms with Gasteiger partial charge >= 0.3 is 0 Å². The third kappa shape index (κ3) is 5.86. The van der Waals surface area contributed by atoms with Crippen molar-refractivity contribution in [3.8, 4) is 5.75 Å². The standard InChI is InChI=1S/C18H15ClF2N2O3/c1-11(26-14-6-4-13(20)5-7-14)18(25)23-22-17(24)9-3-12-2-8-16(21)15(19)10-12/h2-11H,1H3,(H,22,24)(H,23,25)/b9-3+. The van der Waals surface area contributed by atoms with Crippen LogP contribution in [0.15, 0.2) is 48.5 Å². The second-order valence-corrected chi connectivity index (χ2v) is 5.61. The third-order valence-corrected chi connectivity index (χ3v) is 3.47. The molecule has 2 N–H and O–H groups in total. The molecular formula is C18H15ClF2N2O3. The van der Waals surface area contributed by atoms with Crippen molar-refractivity contribution in [3.63, 3.8) is 0 Å². The van der Waals surface area contributed by atoms with Crippen LogP contribution in [0.2, 0.25) is 5.02 Å². The number of ether oxygens (including phenoxy) is 1. The number of hydrogen-bond donors (Lipinski definition) is 2. The number of rotatable bonds is 5. The highest BCUT2D eigenvalue weighted by molar-refractivity contribution is 6.30. The first-order valence-electron chi connectivity index (χ1n) is 7.50. The lowest BCUT2D eigenvalue weighted by molar-refractivity contribution is -0.131. The Labute approximate surface area is 153 Å². The van der Waals surface area contributed by atoms with Crippen molar-refractivity contribution in [2.24, 2.45) is 0 Å². The molecule has 0 radical (unpaired) electrons. The van der Waals surface area contributed by atoms with Crippen molar-refractivity contribution in [3.05, 3.63) is 70.8 Å². The Bertz CT molecular complexity index is 826. The minimum Gasteiger partial charge on any atom is -0.481 e. The van der Waals surface area contributed by atoms with Crippen LogP contribution in [0.5, 0.6) is 5.75 Å². The molecule has 0 saturated heterocycles. The lowest BCUT2D eigenvalue weighted by Gasteiger charge is -2.14. The van der Waals surface area contributed by atoms with Crippen LogP contribution < -0.4 is 15.6 Å². The molecule has 1 atom stereocenters. The molecule has 2 rings (SSSR count). The van der Waals surface area contributed by atoms with Gasteiger partial charge in [-0.1, -0.05) is 17.7 Å². The van der Waals surface area contributed by atoms with Gasteiger partial charge in [-0.3, -0.25) is 20.4 Å². The summed E-state index contributed by atoms with van der Waals surface area (Å²) in [6.45, 7) is 1.47. The zero-order valence-corrected chi connectivity index (χ0v) is 14.4. The van der Waals surface area contributed by atoms with Gasteiger partial charge in [0.2, 0.25) is 0 Å². The van der Waals surface area contributed by atoms with E-state index in [1.165, 1.54) is 55.5 Å². The van der Waals surface area contributed by atoms with Crippen LogP contribution in [0.4, 0.5) is 8.78 Å². The molecule has 5 nitrogen and oxygen atoms in total. The highest BCUT2D eigenvalue weighted by atomic mass is 35.5. The van der Waals surface area contributed by atoms with Crippen LogP contribution in [0.3, 0.4) is 0 Å². The molecule has 0 aliphatic heterocycles. The number of carbonyl (C=O) groups excluding carboxylic acids is 2. The molecule has 0 aliphatic carbocycles. The lowest BCUT2D eigenvalue weighted by Crippen LogP contribution is -2.46. The van der Waals surface area contributed by atoms with Crippen LogP contribution in [0.1, 0.15) is 12.5 Å². The van der Waals surface area contributed by atoms with Crippen molar-refractivity contribution in [2.75, 3.05) is 0 Å². The first-order valence-corrected chi connectivity index (χ1v) is 7.88. The first kappa shape index (κ1) is 19.4. The van der Waals surface area contributed by atoms with Gasteiger partial charge in [-0.2, -0.15) is 0 Å². The highest BCUT2D eigenvalue weighted by Gasteiger charge is 2.14. The van der Waals surface area contributed by atoms with E-state index in [0.29, 0.717) is 11.3 Å². The number of halogens is 3. The van der Waals surface area contributed by atoms with Gasteiger partial charge in [0.05, 0.1) is 5.02 Å². The van der Waals surface area contributed by atoms with Gasteiger partial charge in [0.15, 0.2) is 6.10 Å². The molecule has 0 bridgehead atoms. The summed E-state index contributed by atoms with van der Waals surface area (Å²) >= 11 is 5.64. The topological polar surface area (TPSA) is 67.4 Å². The van der Waals surface area contributed by atoms with E-state index in [4.69, 9.17) is 16.3 Å². The molecule has 8 heteroatoms. The number of hydrogen-bond acceptors (Lipinski definition) is 3. The van der Waals surface area contributed by atoms with E-state index >= 15 is 0 Å². The first-order chi connectivity index (χ1) is 12.3. The van der Waals surface area contributed by atoms with Gasteiger partial charge < -0.3 is 4.74 Å². The molecule has 26 heavy (non-hydrogen) atoms. The van der Waals surface area contributed by atoms with E-state index in [1.54, 1.807) is 0 Å². The molecule has 1 unspecified atom stereocenters. The number of carbonyl (C=O) groups is 2. The fourth-order valence-electron chi connectivity index (χ4n) is 1.83. The van der Waals surface area contributed by atoms with Gasteiger partial charge in [0, 0.05) is 6.08 Å². The summed E-state index contributed by atoms with van der Waals surface area (Å²) < 4.78 is 31.2. The van der Waals surface area contributed by atoms with Gasteiger partial charge in [-0.25, -0.2) is 8.78 Å². The fourth-order valence-corrected chi connectivity index (χ4v) is 2.01. The van der Waals surface area contributed by atoms with Crippen molar-refractivity contribution >= 4 is 29.5 Å². The maximum Gasteiger partial charge on any atom is 0.279 e. The molecular weight excluding hydrogens is 366 g/mol. The van der Waals surface area contributed by atoms with E-state index < -0.39 is 29.6 Å². The summed E-state index contributed by atoms with van der Waals surface area (Å²) in [7, 11) is 0. The molecule has 0 aliphatic rings. The largest absolute Gasteiger partial charge is 0.481 e. The molecule has 0 spiro atoms. The molecule has 136 valence electrons. The van der Waals surface area contributed by atoms with Crippen LogP contribution in [0.25, 0.3) is 6.08 Å². The van der Waals surface area contributed by atoms with Gasteiger partial charge in [-0.05, 0) is 55.0 Å². The average Bonchev–Trinajstić information content (AvgIpc) is 2.62. The summed E-state index contributed by atoms with van der Waals surface area (Å²) in [5.74, 6) is -1.87. The van der Waals surface area contributed by atoms with E-state index in [1.807, 2.05) is 0 Å². The van der Waals surface area contributed by atoms with Crippen molar-refractivity contribution in [2.45, 2.75) is 13.0 Å². The summed E-state index contributed by atoms with van der Waals surface area (Å²) in [4.78, 5) is 23.6. The zero-order chi connectivity index (χ0) is 19.1. The quantitative estimate of drug-likeness (QED) is 0.618. The Hall–Kier alpha value is -2.93. The van der Waals surface area contributed by atoms with Crippen molar-refractivity contribution < 1.29 is 23.1 Å². The van der Waals surface area contributed by atoms with Crippen LogP contribution in [0, 0.1) is 11.6 Å². The Morgan fingerprint density at radius 2 is 1.81 bits per heavy atom. The maximum absolute atomic E-state index is 13.0. The SMILES string of the molecule is CC(Oc1ccc(F)cc1)C(=O)NNC(=O)/C=C/c1ccc(F)c(Cl)c1. The predicted octanol–water partition coefficient (Wildman–Crippen LogP) is 3.25. The average molecular weight is 381 g/mol. The van der Waals surface area contributed by atoms with Crippen LogP contribution in [-0.4, -0.2) is 17.9 Å². The highest BCUT2D eigenvalue weighted by Crippen LogP contribution is 2.16. The van der Waals surface area contributed by atoms with Crippen LogP contribution >= 0.6 is 11.6 Å².